The van der Waals surface area contributed by atoms with Crippen molar-refractivity contribution in [1.82, 2.24) is 14.9 Å². The van der Waals surface area contributed by atoms with Gasteiger partial charge in [-0.3, -0.25) is 4.57 Å². The van der Waals surface area contributed by atoms with Crippen LogP contribution in [0.25, 0.3) is 0 Å². The number of aryl methyl sites for hydroxylation is 1. The molecule has 0 aliphatic rings. The van der Waals surface area contributed by atoms with Crippen LogP contribution in [0, 0.1) is 6.92 Å². The Balaban J connectivity index is 2.04. The third-order valence-corrected chi connectivity index (χ3v) is 2.66. The predicted molar refractivity (Wildman–Crippen MR) is 65.8 cm³/mol. The molecule has 2 rings (SSSR count). The van der Waals surface area contributed by atoms with Crippen molar-refractivity contribution in [1.29, 1.82) is 0 Å². The number of imidazole rings is 1. The molecule has 0 spiro atoms. The molecule has 4 nitrogen and oxygen atoms in total. The molecule has 0 radical (unpaired) electrons. The summed E-state index contributed by atoms with van der Waals surface area (Å²) in [7, 11) is 0. The van der Waals surface area contributed by atoms with Crippen molar-refractivity contribution in [3.8, 4) is 0 Å². The number of amides is 1. The first-order valence-electron chi connectivity index (χ1n) is 5.52. The van der Waals surface area contributed by atoms with E-state index in [-0.39, 0.29) is 12.1 Å². The van der Waals surface area contributed by atoms with Gasteiger partial charge in [0.1, 0.15) is 6.33 Å². The zero-order chi connectivity index (χ0) is 12.3. The van der Waals surface area contributed by atoms with Crippen molar-refractivity contribution in [3.63, 3.8) is 0 Å². The zero-order valence-corrected chi connectivity index (χ0v) is 9.92. The van der Waals surface area contributed by atoms with Crippen LogP contribution in [0.3, 0.4) is 0 Å². The van der Waals surface area contributed by atoms with Crippen molar-refractivity contribution >= 4 is 6.03 Å². The SMILES string of the molecule is Cc1ccc([C@@H](C)NC(=O)n2ccnc2)cc1. The Morgan fingerprint density at radius 1 is 1.35 bits per heavy atom. The lowest BCUT2D eigenvalue weighted by Gasteiger charge is -2.14. The minimum absolute atomic E-state index is 0.0227. The first-order valence-corrected chi connectivity index (χ1v) is 5.52. The van der Waals surface area contributed by atoms with Crippen molar-refractivity contribution in [2.75, 3.05) is 0 Å². The molecular weight excluding hydrogens is 214 g/mol. The minimum Gasteiger partial charge on any atom is -0.331 e. The van der Waals surface area contributed by atoms with Crippen LogP contribution >= 0.6 is 0 Å². The number of hydrogen-bond acceptors (Lipinski definition) is 2. The van der Waals surface area contributed by atoms with Gasteiger partial charge in [-0.2, -0.15) is 0 Å². The lowest BCUT2D eigenvalue weighted by Crippen LogP contribution is -2.30. The number of nitrogens with one attached hydrogen (secondary N) is 1. The van der Waals surface area contributed by atoms with Gasteiger partial charge in [0.2, 0.25) is 0 Å². The quantitative estimate of drug-likeness (QED) is 0.860. The highest BCUT2D eigenvalue weighted by Crippen LogP contribution is 2.13. The topological polar surface area (TPSA) is 46.9 Å². The van der Waals surface area contributed by atoms with E-state index in [0.29, 0.717) is 0 Å². The summed E-state index contributed by atoms with van der Waals surface area (Å²) in [6, 6.07) is 7.92. The number of benzene rings is 1. The fourth-order valence-corrected chi connectivity index (χ4v) is 1.58. The summed E-state index contributed by atoms with van der Waals surface area (Å²) >= 11 is 0. The van der Waals surface area contributed by atoms with Crippen LogP contribution in [-0.4, -0.2) is 15.6 Å². The van der Waals surface area contributed by atoms with E-state index < -0.39 is 0 Å². The van der Waals surface area contributed by atoms with E-state index in [0.717, 1.165) is 5.56 Å². The molecule has 1 heterocycles. The molecule has 0 aliphatic carbocycles. The van der Waals surface area contributed by atoms with E-state index in [4.69, 9.17) is 0 Å². The van der Waals surface area contributed by atoms with Gasteiger partial charge in [-0.25, -0.2) is 9.78 Å². The average molecular weight is 229 g/mol. The second-order valence-corrected chi connectivity index (χ2v) is 4.05. The van der Waals surface area contributed by atoms with Gasteiger partial charge in [-0.15, -0.1) is 0 Å². The third kappa shape index (κ3) is 2.72. The summed E-state index contributed by atoms with van der Waals surface area (Å²) in [6.07, 6.45) is 4.69. The lowest BCUT2D eigenvalue weighted by molar-refractivity contribution is 0.239. The molecule has 1 atom stereocenters. The van der Waals surface area contributed by atoms with Crippen LogP contribution in [0.2, 0.25) is 0 Å². The number of carbonyl (C=O) groups is 1. The van der Waals surface area contributed by atoms with Crippen LogP contribution in [0.5, 0.6) is 0 Å². The van der Waals surface area contributed by atoms with Gasteiger partial charge >= 0.3 is 6.03 Å². The van der Waals surface area contributed by atoms with E-state index in [1.807, 2.05) is 38.1 Å². The molecule has 1 N–H and O–H groups in total. The van der Waals surface area contributed by atoms with Crippen molar-refractivity contribution in [3.05, 3.63) is 54.1 Å². The number of rotatable bonds is 2. The maximum absolute atomic E-state index is 11.8. The highest BCUT2D eigenvalue weighted by Gasteiger charge is 2.09. The minimum atomic E-state index is -0.171. The molecule has 0 saturated carbocycles. The van der Waals surface area contributed by atoms with Crippen molar-refractivity contribution < 1.29 is 4.79 Å². The monoisotopic (exact) mass is 229 g/mol. The lowest BCUT2D eigenvalue weighted by atomic mass is 10.1. The van der Waals surface area contributed by atoms with E-state index in [2.05, 4.69) is 10.3 Å². The second kappa shape index (κ2) is 4.82. The van der Waals surface area contributed by atoms with Crippen LogP contribution in [0.4, 0.5) is 4.79 Å². The Hall–Kier alpha value is -2.10. The first-order chi connectivity index (χ1) is 8.16. The van der Waals surface area contributed by atoms with Crippen molar-refractivity contribution in [2.45, 2.75) is 19.9 Å². The molecule has 0 unspecified atom stereocenters. The van der Waals surface area contributed by atoms with E-state index in [1.54, 1.807) is 12.4 Å². The molecule has 1 amide bonds. The molecule has 0 fully saturated rings. The normalized spacial score (nSPS) is 12.1. The van der Waals surface area contributed by atoms with E-state index >= 15 is 0 Å². The van der Waals surface area contributed by atoms with Gasteiger partial charge in [0.05, 0.1) is 6.04 Å². The summed E-state index contributed by atoms with van der Waals surface area (Å²) in [5.74, 6) is 0. The highest BCUT2D eigenvalue weighted by molar-refractivity contribution is 5.76. The Morgan fingerprint density at radius 3 is 2.65 bits per heavy atom. The molecule has 17 heavy (non-hydrogen) atoms. The van der Waals surface area contributed by atoms with E-state index in [1.165, 1.54) is 16.5 Å². The zero-order valence-electron chi connectivity index (χ0n) is 9.92. The molecule has 88 valence electrons. The fraction of sp³-hybridized carbons (Fsp3) is 0.231. The highest BCUT2D eigenvalue weighted by atomic mass is 16.2. The van der Waals surface area contributed by atoms with Gasteiger partial charge in [-0.05, 0) is 19.4 Å². The molecule has 1 aromatic carbocycles. The molecule has 1 aromatic heterocycles. The van der Waals surface area contributed by atoms with Crippen LogP contribution in [-0.2, 0) is 0 Å². The second-order valence-electron chi connectivity index (χ2n) is 4.05. The Kier molecular flexibility index (Phi) is 3.23. The van der Waals surface area contributed by atoms with Crippen LogP contribution < -0.4 is 5.32 Å². The Morgan fingerprint density at radius 2 is 2.06 bits per heavy atom. The summed E-state index contributed by atoms with van der Waals surface area (Å²) in [6.45, 7) is 4.00. The summed E-state index contributed by atoms with van der Waals surface area (Å²) in [5, 5.41) is 2.90. The molecule has 2 aromatic rings. The number of nitrogens with zero attached hydrogens (tertiary/aromatic N) is 2. The first kappa shape index (κ1) is 11.4. The van der Waals surface area contributed by atoms with E-state index in [9.17, 15) is 4.79 Å². The molecule has 0 saturated heterocycles. The molecule has 4 heteroatoms. The third-order valence-electron chi connectivity index (χ3n) is 2.66. The Labute approximate surface area is 100 Å². The summed E-state index contributed by atoms with van der Waals surface area (Å²) in [5.41, 5.74) is 2.30. The largest absolute Gasteiger partial charge is 0.331 e. The maximum atomic E-state index is 11.8. The van der Waals surface area contributed by atoms with Crippen molar-refractivity contribution in [2.24, 2.45) is 0 Å². The van der Waals surface area contributed by atoms with Gasteiger partial charge in [0, 0.05) is 12.4 Å². The predicted octanol–water partition coefficient (Wildman–Crippen LogP) is 2.51. The Bertz CT molecular complexity index is 488. The van der Waals surface area contributed by atoms with Gasteiger partial charge in [0.25, 0.3) is 0 Å². The van der Waals surface area contributed by atoms with Gasteiger partial charge in [0.15, 0.2) is 0 Å². The summed E-state index contributed by atoms with van der Waals surface area (Å²) in [4.78, 5) is 15.6. The van der Waals surface area contributed by atoms with Crippen LogP contribution in [0.1, 0.15) is 24.1 Å². The molecule has 0 aliphatic heterocycles. The number of hydrogen-bond donors (Lipinski definition) is 1. The smallest absolute Gasteiger partial charge is 0.327 e. The fourth-order valence-electron chi connectivity index (χ4n) is 1.58. The molecule has 0 bridgehead atoms. The van der Waals surface area contributed by atoms with Gasteiger partial charge < -0.3 is 5.32 Å². The standard InChI is InChI=1S/C13H15N3O/c1-10-3-5-12(6-4-10)11(2)15-13(17)16-8-7-14-9-16/h3-9,11H,1-2H3,(H,15,17)/t11-/m1/s1. The summed E-state index contributed by atoms with van der Waals surface area (Å²) < 4.78 is 1.42. The maximum Gasteiger partial charge on any atom is 0.327 e. The average Bonchev–Trinajstić information content (AvgIpc) is 2.83. The number of carbonyl (C=O) groups excluding carboxylic acids is 1. The van der Waals surface area contributed by atoms with Crippen LogP contribution in [0.15, 0.2) is 43.0 Å². The van der Waals surface area contributed by atoms with Gasteiger partial charge in [-0.1, -0.05) is 29.8 Å². The number of aromatic nitrogens is 2. The molecular formula is C13H15N3O.